The molecule has 7 nitrogen and oxygen atoms in total. The zero-order chi connectivity index (χ0) is 11.5. The number of rotatable bonds is 3. The van der Waals surface area contributed by atoms with Crippen molar-refractivity contribution in [2.75, 3.05) is 5.73 Å². The number of carbonyl (C=O) groups excluding carboxylic acids is 1. The molecule has 0 spiro atoms. The van der Waals surface area contributed by atoms with Crippen molar-refractivity contribution in [3.63, 3.8) is 0 Å². The normalized spacial score (nSPS) is 12.6. The quantitative estimate of drug-likeness (QED) is 0.638. The van der Waals surface area contributed by atoms with Crippen LogP contribution in [0.25, 0.3) is 0 Å². The standard InChI is InChI=1S/C9H12N6O/c10-7(3-6-4-12-5-13-6)9(16)15-8(11)1-2-14-15/h1-2,4-5,7H,3,10-11H2,(H,12,13)/t7-/m0/s1. The molecular weight excluding hydrogens is 208 g/mol. The molecular formula is C9H12N6O. The summed E-state index contributed by atoms with van der Waals surface area (Å²) in [6, 6.07) is 0.850. The first-order valence-corrected chi connectivity index (χ1v) is 4.75. The summed E-state index contributed by atoms with van der Waals surface area (Å²) in [5, 5.41) is 3.80. The van der Waals surface area contributed by atoms with E-state index in [1.165, 1.54) is 12.5 Å². The van der Waals surface area contributed by atoms with Crippen LogP contribution in [0.4, 0.5) is 5.82 Å². The fourth-order valence-corrected chi connectivity index (χ4v) is 1.38. The van der Waals surface area contributed by atoms with E-state index in [0.29, 0.717) is 6.42 Å². The van der Waals surface area contributed by atoms with Crippen LogP contribution in [0.1, 0.15) is 10.5 Å². The summed E-state index contributed by atoms with van der Waals surface area (Å²) in [6.07, 6.45) is 4.99. The number of anilines is 1. The van der Waals surface area contributed by atoms with Crippen LogP contribution in [0.3, 0.4) is 0 Å². The van der Waals surface area contributed by atoms with E-state index in [1.54, 1.807) is 12.3 Å². The van der Waals surface area contributed by atoms with Gasteiger partial charge in [0.15, 0.2) is 0 Å². The predicted molar refractivity (Wildman–Crippen MR) is 57.5 cm³/mol. The van der Waals surface area contributed by atoms with Crippen molar-refractivity contribution in [2.24, 2.45) is 5.73 Å². The highest BCUT2D eigenvalue weighted by Crippen LogP contribution is 2.04. The Hall–Kier alpha value is -2.15. The SMILES string of the molecule is Nc1ccnn1C(=O)[C@@H](N)Cc1cnc[nH]1. The van der Waals surface area contributed by atoms with Crippen molar-refractivity contribution in [3.05, 3.63) is 30.5 Å². The van der Waals surface area contributed by atoms with Gasteiger partial charge in [-0.05, 0) is 0 Å². The van der Waals surface area contributed by atoms with E-state index in [4.69, 9.17) is 11.5 Å². The number of nitrogen functional groups attached to an aromatic ring is 1. The molecule has 0 fully saturated rings. The highest BCUT2D eigenvalue weighted by Gasteiger charge is 2.18. The first kappa shape index (κ1) is 10.4. The summed E-state index contributed by atoms with van der Waals surface area (Å²) in [4.78, 5) is 18.5. The maximum absolute atomic E-state index is 11.8. The Morgan fingerprint density at radius 3 is 3.00 bits per heavy atom. The lowest BCUT2D eigenvalue weighted by Gasteiger charge is -2.09. The summed E-state index contributed by atoms with van der Waals surface area (Å²) in [5.74, 6) is -0.0536. The molecule has 0 aliphatic rings. The summed E-state index contributed by atoms with van der Waals surface area (Å²) in [7, 11) is 0. The molecule has 5 N–H and O–H groups in total. The minimum atomic E-state index is -0.692. The lowest BCUT2D eigenvalue weighted by molar-refractivity contribution is 0.0865. The molecule has 0 aliphatic carbocycles. The Morgan fingerprint density at radius 1 is 1.62 bits per heavy atom. The maximum Gasteiger partial charge on any atom is 0.266 e. The fourth-order valence-electron chi connectivity index (χ4n) is 1.38. The van der Waals surface area contributed by atoms with Crippen LogP contribution in [0.5, 0.6) is 0 Å². The van der Waals surface area contributed by atoms with Crippen LogP contribution in [-0.2, 0) is 6.42 Å². The highest BCUT2D eigenvalue weighted by molar-refractivity contribution is 5.85. The third-order valence-electron chi connectivity index (χ3n) is 2.19. The number of hydrogen-bond acceptors (Lipinski definition) is 5. The molecule has 0 unspecified atom stereocenters. The van der Waals surface area contributed by atoms with Gasteiger partial charge in [0.2, 0.25) is 0 Å². The van der Waals surface area contributed by atoms with Crippen LogP contribution in [-0.4, -0.2) is 31.7 Å². The van der Waals surface area contributed by atoms with Crippen molar-refractivity contribution in [2.45, 2.75) is 12.5 Å². The zero-order valence-electron chi connectivity index (χ0n) is 8.50. The van der Waals surface area contributed by atoms with Gasteiger partial charge in [0.1, 0.15) is 5.82 Å². The number of H-pyrrole nitrogens is 1. The van der Waals surface area contributed by atoms with E-state index < -0.39 is 6.04 Å². The van der Waals surface area contributed by atoms with Crippen LogP contribution in [0.2, 0.25) is 0 Å². The van der Waals surface area contributed by atoms with E-state index in [2.05, 4.69) is 15.1 Å². The largest absolute Gasteiger partial charge is 0.383 e. The van der Waals surface area contributed by atoms with Gasteiger partial charge in [0.05, 0.1) is 18.6 Å². The Bertz CT molecular complexity index is 474. The van der Waals surface area contributed by atoms with Crippen LogP contribution < -0.4 is 11.5 Å². The summed E-state index contributed by atoms with van der Waals surface area (Å²) >= 11 is 0. The van der Waals surface area contributed by atoms with Crippen molar-refractivity contribution >= 4 is 11.7 Å². The van der Waals surface area contributed by atoms with Crippen molar-refractivity contribution in [3.8, 4) is 0 Å². The molecule has 0 saturated carbocycles. The smallest absolute Gasteiger partial charge is 0.266 e. The number of aromatic nitrogens is 4. The number of nitrogens with two attached hydrogens (primary N) is 2. The molecule has 1 atom stereocenters. The lowest BCUT2D eigenvalue weighted by atomic mass is 10.1. The van der Waals surface area contributed by atoms with Crippen LogP contribution in [0, 0.1) is 0 Å². The Labute approximate surface area is 91.5 Å². The number of nitrogens with one attached hydrogen (secondary N) is 1. The first-order chi connectivity index (χ1) is 7.68. The van der Waals surface area contributed by atoms with Crippen molar-refractivity contribution in [1.29, 1.82) is 0 Å². The molecule has 16 heavy (non-hydrogen) atoms. The molecule has 7 heteroatoms. The Balaban J connectivity index is 2.08. The monoisotopic (exact) mass is 220 g/mol. The van der Waals surface area contributed by atoms with Gasteiger partial charge < -0.3 is 16.5 Å². The van der Waals surface area contributed by atoms with Crippen LogP contribution >= 0.6 is 0 Å². The van der Waals surface area contributed by atoms with E-state index in [9.17, 15) is 4.79 Å². The molecule has 2 rings (SSSR count). The summed E-state index contributed by atoms with van der Waals surface area (Å²) in [5.41, 5.74) is 12.1. The second-order valence-electron chi connectivity index (χ2n) is 3.39. The average Bonchev–Trinajstić information content (AvgIpc) is 2.88. The van der Waals surface area contributed by atoms with Gasteiger partial charge in [-0.1, -0.05) is 0 Å². The van der Waals surface area contributed by atoms with Gasteiger partial charge in [-0.2, -0.15) is 9.78 Å². The molecule has 0 aliphatic heterocycles. The molecule has 84 valence electrons. The van der Waals surface area contributed by atoms with Crippen LogP contribution in [0.15, 0.2) is 24.8 Å². The molecule has 0 radical (unpaired) electrons. The van der Waals surface area contributed by atoms with Gasteiger partial charge in [-0.25, -0.2) is 4.98 Å². The van der Waals surface area contributed by atoms with E-state index >= 15 is 0 Å². The molecule has 0 aromatic carbocycles. The Morgan fingerprint density at radius 2 is 2.44 bits per heavy atom. The molecule has 2 aromatic heterocycles. The molecule has 2 heterocycles. The van der Waals surface area contributed by atoms with E-state index in [1.807, 2.05) is 0 Å². The number of imidazole rings is 1. The second-order valence-corrected chi connectivity index (χ2v) is 3.39. The number of hydrogen-bond donors (Lipinski definition) is 3. The molecule has 0 saturated heterocycles. The molecule has 0 bridgehead atoms. The van der Waals surface area contributed by atoms with Crippen molar-refractivity contribution in [1.82, 2.24) is 19.7 Å². The van der Waals surface area contributed by atoms with Gasteiger partial charge in [0, 0.05) is 24.4 Å². The predicted octanol–water partition coefficient (Wildman–Crippen LogP) is -0.601. The lowest BCUT2D eigenvalue weighted by Crippen LogP contribution is -2.37. The third-order valence-corrected chi connectivity index (χ3v) is 2.19. The third kappa shape index (κ3) is 1.94. The summed E-state index contributed by atoms with van der Waals surface area (Å²) < 4.78 is 1.10. The topological polar surface area (TPSA) is 116 Å². The van der Waals surface area contributed by atoms with E-state index in [-0.39, 0.29) is 11.7 Å². The molecule has 2 aromatic rings. The number of nitrogens with zero attached hydrogens (tertiary/aromatic N) is 3. The maximum atomic E-state index is 11.8. The van der Waals surface area contributed by atoms with Gasteiger partial charge in [0.25, 0.3) is 5.91 Å². The number of aromatic amines is 1. The summed E-state index contributed by atoms with van der Waals surface area (Å²) in [6.45, 7) is 0. The highest BCUT2D eigenvalue weighted by atomic mass is 16.2. The van der Waals surface area contributed by atoms with Gasteiger partial charge >= 0.3 is 0 Å². The zero-order valence-corrected chi connectivity index (χ0v) is 8.50. The van der Waals surface area contributed by atoms with E-state index in [0.717, 1.165) is 10.4 Å². The fraction of sp³-hybridized carbons (Fsp3) is 0.222. The average molecular weight is 220 g/mol. The van der Waals surface area contributed by atoms with Crippen molar-refractivity contribution < 1.29 is 4.79 Å². The first-order valence-electron chi connectivity index (χ1n) is 4.75. The molecule has 0 amide bonds. The Kier molecular flexibility index (Phi) is 2.69. The number of carbonyl (C=O) groups is 1. The minimum absolute atomic E-state index is 0.282. The second kappa shape index (κ2) is 4.15. The van der Waals surface area contributed by atoms with Gasteiger partial charge in [-0.3, -0.25) is 4.79 Å². The van der Waals surface area contributed by atoms with Gasteiger partial charge in [-0.15, -0.1) is 0 Å². The minimum Gasteiger partial charge on any atom is -0.383 e.